The summed E-state index contributed by atoms with van der Waals surface area (Å²) in [5, 5.41) is 6.32. The van der Waals surface area contributed by atoms with Crippen LogP contribution in [0.4, 0.5) is 10.5 Å². The number of hydrogen-bond donors (Lipinski definition) is 2. The van der Waals surface area contributed by atoms with Gasteiger partial charge < -0.3 is 20.3 Å². The van der Waals surface area contributed by atoms with Gasteiger partial charge in [0.15, 0.2) is 0 Å². The monoisotopic (exact) mass is 387 g/mol. The first-order valence-electron chi connectivity index (χ1n) is 8.92. The first-order chi connectivity index (χ1) is 13.1. The van der Waals surface area contributed by atoms with Gasteiger partial charge in [0.05, 0.1) is 6.54 Å². The number of amides is 3. The van der Waals surface area contributed by atoms with E-state index < -0.39 is 6.04 Å². The van der Waals surface area contributed by atoms with Crippen LogP contribution in [0.3, 0.4) is 0 Å². The molecule has 0 aromatic heterocycles. The van der Waals surface area contributed by atoms with Crippen LogP contribution in [0.2, 0.25) is 5.02 Å². The van der Waals surface area contributed by atoms with Crippen molar-refractivity contribution in [2.45, 2.75) is 18.9 Å². The number of para-hydroxylation sites is 1. The van der Waals surface area contributed by atoms with Crippen molar-refractivity contribution < 1.29 is 14.3 Å². The molecule has 3 rings (SSSR count). The summed E-state index contributed by atoms with van der Waals surface area (Å²) < 4.78 is 5.56. The molecule has 1 aliphatic heterocycles. The molecule has 0 saturated carbocycles. The topological polar surface area (TPSA) is 70.7 Å². The van der Waals surface area contributed by atoms with Gasteiger partial charge in [-0.3, -0.25) is 4.79 Å². The smallest absolute Gasteiger partial charge is 0.322 e. The molecule has 0 aliphatic carbocycles. The van der Waals surface area contributed by atoms with E-state index in [-0.39, 0.29) is 11.9 Å². The minimum absolute atomic E-state index is 0.157. The van der Waals surface area contributed by atoms with Gasteiger partial charge in [-0.15, -0.1) is 0 Å². The lowest BCUT2D eigenvalue weighted by molar-refractivity contribution is -0.124. The van der Waals surface area contributed by atoms with E-state index in [9.17, 15) is 9.59 Å². The Labute approximate surface area is 163 Å². The molecule has 1 saturated heterocycles. The van der Waals surface area contributed by atoms with Gasteiger partial charge in [-0.2, -0.15) is 0 Å². The molecule has 27 heavy (non-hydrogen) atoms. The number of urea groups is 1. The normalized spacial score (nSPS) is 16.0. The first-order valence-corrected chi connectivity index (χ1v) is 9.30. The summed E-state index contributed by atoms with van der Waals surface area (Å²) in [7, 11) is 0. The summed E-state index contributed by atoms with van der Waals surface area (Å²) >= 11 is 5.83. The van der Waals surface area contributed by atoms with Gasteiger partial charge >= 0.3 is 6.03 Å². The molecule has 2 aromatic carbocycles. The number of hydrogen-bond acceptors (Lipinski definition) is 3. The fraction of sp³-hybridized carbons (Fsp3) is 0.300. The van der Waals surface area contributed by atoms with E-state index in [0.717, 1.165) is 6.42 Å². The standard InChI is InChI=1S/C20H22ClN3O3/c21-15-8-10-17(11-9-15)27-14-12-22-19(25)18-7-4-13-24(18)20(26)23-16-5-2-1-3-6-16/h1-3,5-6,8-11,18H,4,7,12-14H2,(H,22,25)(H,23,26)/t18-/m1/s1. The van der Waals surface area contributed by atoms with E-state index in [4.69, 9.17) is 16.3 Å². The van der Waals surface area contributed by atoms with Gasteiger partial charge in [0.2, 0.25) is 5.91 Å². The lowest BCUT2D eigenvalue weighted by Crippen LogP contribution is -2.48. The van der Waals surface area contributed by atoms with Gasteiger partial charge in [0, 0.05) is 17.3 Å². The average molecular weight is 388 g/mol. The zero-order valence-electron chi connectivity index (χ0n) is 14.9. The molecule has 1 fully saturated rings. The number of anilines is 1. The van der Waals surface area contributed by atoms with Crippen LogP contribution in [0.15, 0.2) is 54.6 Å². The van der Waals surface area contributed by atoms with Gasteiger partial charge in [-0.25, -0.2) is 4.79 Å². The fourth-order valence-electron chi connectivity index (χ4n) is 2.99. The van der Waals surface area contributed by atoms with Gasteiger partial charge in [0.25, 0.3) is 0 Å². The molecule has 1 heterocycles. The zero-order valence-corrected chi connectivity index (χ0v) is 15.6. The number of benzene rings is 2. The first kappa shape index (κ1) is 19.0. The summed E-state index contributed by atoms with van der Waals surface area (Å²) in [6.07, 6.45) is 1.47. The molecule has 6 nitrogen and oxygen atoms in total. The number of nitrogens with zero attached hydrogens (tertiary/aromatic N) is 1. The maximum atomic E-state index is 12.5. The molecular formula is C20H22ClN3O3. The number of likely N-dealkylation sites (tertiary alicyclic amines) is 1. The second kappa shape index (κ2) is 9.28. The Kier molecular flexibility index (Phi) is 6.54. The lowest BCUT2D eigenvalue weighted by atomic mass is 10.2. The molecule has 0 unspecified atom stereocenters. The van der Waals surface area contributed by atoms with Gasteiger partial charge in [0.1, 0.15) is 18.4 Å². The highest BCUT2D eigenvalue weighted by atomic mass is 35.5. The van der Waals surface area contributed by atoms with Crippen LogP contribution in [0, 0.1) is 0 Å². The molecule has 2 aromatic rings. The molecule has 2 N–H and O–H groups in total. The Hall–Kier alpha value is -2.73. The second-order valence-electron chi connectivity index (χ2n) is 6.24. The molecule has 7 heteroatoms. The number of rotatable bonds is 6. The van der Waals surface area contributed by atoms with Crippen LogP contribution in [-0.2, 0) is 4.79 Å². The third-order valence-electron chi connectivity index (χ3n) is 4.33. The maximum absolute atomic E-state index is 12.5. The number of ether oxygens (including phenoxy) is 1. The van der Waals surface area contributed by atoms with E-state index in [1.807, 2.05) is 30.3 Å². The Bertz CT molecular complexity index is 768. The van der Waals surface area contributed by atoms with Crippen molar-refractivity contribution in [1.82, 2.24) is 10.2 Å². The van der Waals surface area contributed by atoms with Crippen LogP contribution < -0.4 is 15.4 Å². The van der Waals surface area contributed by atoms with Crippen molar-refractivity contribution in [3.63, 3.8) is 0 Å². The van der Waals surface area contributed by atoms with Crippen molar-refractivity contribution in [3.8, 4) is 5.75 Å². The predicted octanol–water partition coefficient (Wildman–Crippen LogP) is 3.53. The Balaban J connectivity index is 1.45. The van der Waals surface area contributed by atoms with E-state index >= 15 is 0 Å². The van der Waals surface area contributed by atoms with Crippen LogP contribution in [0.25, 0.3) is 0 Å². The van der Waals surface area contributed by atoms with Crippen molar-refractivity contribution in [1.29, 1.82) is 0 Å². The number of nitrogens with one attached hydrogen (secondary N) is 2. The Morgan fingerprint density at radius 3 is 2.59 bits per heavy atom. The molecule has 3 amide bonds. The van der Waals surface area contributed by atoms with Crippen LogP contribution in [0.5, 0.6) is 5.75 Å². The average Bonchev–Trinajstić information content (AvgIpc) is 3.17. The summed E-state index contributed by atoms with van der Waals surface area (Å²) in [4.78, 5) is 26.5. The summed E-state index contributed by atoms with van der Waals surface area (Å²) in [6, 6.07) is 15.6. The van der Waals surface area contributed by atoms with E-state index in [0.29, 0.717) is 42.6 Å². The van der Waals surface area contributed by atoms with Crippen molar-refractivity contribution in [2.24, 2.45) is 0 Å². The van der Waals surface area contributed by atoms with E-state index in [1.54, 1.807) is 29.2 Å². The second-order valence-corrected chi connectivity index (χ2v) is 6.68. The van der Waals surface area contributed by atoms with Crippen LogP contribution in [-0.4, -0.2) is 42.6 Å². The van der Waals surface area contributed by atoms with E-state index in [1.165, 1.54) is 0 Å². The number of carbonyl (C=O) groups is 2. The zero-order chi connectivity index (χ0) is 19.1. The third kappa shape index (κ3) is 5.37. The van der Waals surface area contributed by atoms with Crippen molar-refractivity contribution in [2.75, 3.05) is 25.0 Å². The number of carbonyl (C=O) groups excluding carboxylic acids is 2. The highest BCUT2D eigenvalue weighted by Gasteiger charge is 2.33. The Morgan fingerprint density at radius 1 is 1.11 bits per heavy atom. The highest BCUT2D eigenvalue weighted by molar-refractivity contribution is 6.30. The fourth-order valence-corrected chi connectivity index (χ4v) is 3.12. The minimum Gasteiger partial charge on any atom is -0.492 e. The van der Waals surface area contributed by atoms with E-state index in [2.05, 4.69) is 10.6 Å². The summed E-state index contributed by atoms with van der Waals surface area (Å²) in [5.74, 6) is 0.536. The molecule has 1 aliphatic rings. The predicted molar refractivity (Wildman–Crippen MR) is 105 cm³/mol. The quantitative estimate of drug-likeness (QED) is 0.745. The number of halogens is 1. The van der Waals surface area contributed by atoms with Crippen LogP contribution in [0.1, 0.15) is 12.8 Å². The summed E-state index contributed by atoms with van der Waals surface area (Å²) in [6.45, 7) is 1.28. The molecule has 0 spiro atoms. The maximum Gasteiger partial charge on any atom is 0.322 e. The SMILES string of the molecule is O=C(NCCOc1ccc(Cl)cc1)[C@H]1CCCN1C(=O)Nc1ccccc1. The van der Waals surface area contributed by atoms with Gasteiger partial charge in [-0.05, 0) is 49.2 Å². The lowest BCUT2D eigenvalue weighted by Gasteiger charge is -2.24. The summed E-state index contributed by atoms with van der Waals surface area (Å²) in [5.41, 5.74) is 0.713. The van der Waals surface area contributed by atoms with Gasteiger partial charge in [-0.1, -0.05) is 29.8 Å². The molecule has 0 bridgehead atoms. The highest BCUT2D eigenvalue weighted by Crippen LogP contribution is 2.19. The molecular weight excluding hydrogens is 366 g/mol. The van der Waals surface area contributed by atoms with Crippen molar-refractivity contribution in [3.05, 3.63) is 59.6 Å². The van der Waals surface area contributed by atoms with Crippen molar-refractivity contribution >= 4 is 29.2 Å². The molecule has 1 atom stereocenters. The Morgan fingerprint density at radius 2 is 1.85 bits per heavy atom. The molecule has 142 valence electrons. The molecule has 0 radical (unpaired) electrons. The van der Waals surface area contributed by atoms with Crippen LogP contribution >= 0.6 is 11.6 Å². The minimum atomic E-state index is -0.454. The largest absolute Gasteiger partial charge is 0.492 e. The third-order valence-corrected chi connectivity index (χ3v) is 4.58.